The molecule has 0 bridgehead atoms. The third kappa shape index (κ3) is 3.16. The summed E-state index contributed by atoms with van der Waals surface area (Å²) in [6.07, 6.45) is 2.39. The summed E-state index contributed by atoms with van der Waals surface area (Å²) in [6.45, 7) is 0. The highest BCUT2D eigenvalue weighted by Crippen LogP contribution is 2.45. The number of carbonyl (C=O) groups excluding carboxylic acids is 1. The number of nitrogens with one attached hydrogen (secondary N) is 1. The lowest BCUT2D eigenvalue weighted by Crippen LogP contribution is -2.46. The van der Waals surface area contributed by atoms with Crippen LogP contribution in [0.2, 0.25) is 5.02 Å². The van der Waals surface area contributed by atoms with Crippen molar-refractivity contribution in [3.63, 3.8) is 0 Å². The fourth-order valence-electron chi connectivity index (χ4n) is 3.15. The molecule has 1 N–H and O–H groups in total. The number of hydrogen-bond acceptors (Lipinski definition) is 3. The van der Waals surface area contributed by atoms with Crippen LogP contribution in [0.15, 0.2) is 36.4 Å². The van der Waals surface area contributed by atoms with Gasteiger partial charge >= 0.3 is 0 Å². The first kappa shape index (κ1) is 17.5. The van der Waals surface area contributed by atoms with Crippen LogP contribution in [0.4, 0.5) is 10.1 Å². The first-order chi connectivity index (χ1) is 12.0. The highest BCUT2D eigenvalue weighted by molar-refractivity contribution is 6.32. The van der Waals surface area contributed by atoms with Gasteiger partial charge in [0.1, 0.15) is 17.3 Å². The molecule has 1 saturated carbocycles. The minimum atomic E-state index is -0.648. The Labute approximate surface area is 150 Å². The summed E-state index contributed by atoms with van der Waals surface area (Å²) in [4.78, 5) is 13.0. The molecule has 2 aromatic carbocycles. The Balaban J connectivity index is 1.91. The van der Waals surface area contributed by atoms with Gasteiger partial charge in [0.2, 0.25) is 5.91 Å². The quantitative estimate of drug-likeness (QED) is 0.847. The van der Waals surface area contributed by atoms with E-state index in [-0.39, 0.29) is 11.7 Å². The van der Waals surface area contributed by atoms with Crippen LogP contribution >= 0.6 is 11.6 Å². The minimum absolute atomic E-state index is 0.148. The number of ether oxygens (including phenoxy) is 2. The van der Waals surface area contributed by atoms with Gasteiger partial charge in [0.05, 0.1) is 30.3 Å². The van der Waals surface area contributed by atoms with Crippen molar-refractivity contribution in [2.45, 2.75) is 24.7 Å². The van der Waals surface area contributed by atoms with Gasteiger partial charge in [-0.2, -0.15) is 0 Å². The zero-order chi connectivity index (χ0) is 18.0. The highest BCUT2D eigenvalue weighted by atomic mass is 35.5. The van der Waals surface area contributed by atoms with Crippen molar-refractivity contribution in [1.82, 2.24) is 0 Å². The van der Waals surface area contributed by atoms with Crippen LogP contribution in [-0.4, -0.2) is 20.1 Å². The number of hydrogen-bond donors (Lipinski definition) is 1. The van der Waals surface area contributed by atoms with Gasteiger partial charge in [0.25, 0.3) is 0 Å². The molecule has 1 aliphatic rings. The van der Waals surface area contributed by atoms with Crippen molar-refractivity contribution in [2.24, 2.45) is 0 Å². The summed E-state index contributed by atoms with van der Waals surface area (Å²) in [5.74, 6) is 0.462. The van der Waals surface area contributed by atoms with E-state index >= 15 is 0 Å². The molecule has 0 saturated heterocycles. The Hall–Kier alpha value is -2.27. The van der Waals surface area contributed by atoms with Gasteiger partial charge in [0.15, 0.2) is 0 Å². The van der Waals surface area contributed by atoms with E-state index in [4.69, 9.17) is 21.1 Å². The second-order valence-electron chi connectivity index (χ2n) is 6.08. The number of benzene rings is 2. The maximum Gasteiger partial charge on any atom is 0.235 e. The van der Waals surface area contributed by atoms with Gasteiger partial charge in [-0.3, -0.25) is 4.79 Å². The predicted molar refractivity (Wildman–Crippen MR) is 95.1 cm³/mol. The number of amides is 1. The van der Waals surface area contributed by atoms with Crippen LogP contribution in [0.1, 0.15) is 24.8 Å². The normalized spacial score (nSPS) is 15.2. The van der Waals surface area contributed by atoms with E-state index in [1.165, 1.54) is 26.4 Å². The Morgan fingerprint density at radius 1 is 1.12 bits per heavy atom. The standard InChI is InChI=1S/C19H19ClFNO3/c1-24-16-11-17(25-2)15(10-14(16)20)22-18(23)19(8-3-9-19)12-4-6-13(21)7-5-12/h4-7,10-11H,3,8-9H2,1-2H3,(H,22,23). The van der Waals surface area contributed by atoms with E-state index < -0.39 is 5.41 Å². The monoisotopic (exact) mass is 363 g/mol. The summed E-state index contributed by atoms with van der Waals surface area (Å²) < 4.78 is 23.7. The summed E-state index contributed by atoms with van der Waals surface area (Å²) >= 11 is 6.16. The first-order valence-electron chi connectivity index (χ1n) is 7.99. The molecule has 1 aliphatic carbocycles. The topological polar surface area (TPSA) is 47.6 Å². The van der Waals surface area contributed by atoms with Crippen molar-refractivity contribution in [2.75, 3.05) is 19.5 Å². The summed E-state index contributed by atoms with van der Waals surface area (Å²) in [7, 11) is 3.02. The lowest BCUT2D eigenvalue weighted by atomic mass is 9.64. The molecule has 0 unspecified atom stereocenters. The molecule has 2 aromatic rings. The third-order valence-electron chi connectivity index (χ3n) is 4.76. The minimum Gasteiger partial charge on any atom is -0.495 e. The molecule has 4 nitrogen and oxygen atoms in total. The number of anilines is 1. The van der Waals surface area contributed by atoms with Crippen molar-refractivity contribution < 1.29 is 18.7 Å². The Bertz CT molecular complexity index is 788. The summed E-state index contributed by atoms with van der Waals surface area (Å²) in [5.41, 5.74) is 0.647. The first-order valence-corrected chi connectivity index (χ1v) is 8.37. The molecule has 6 heteroatoms. The SMILES string of the molecule is COc1cc(OC)c(NC(=O)C2(c3ccc(F)cc3)CCC2)cc1Cl. The Morgan fingerprint density at radius 2 is 1.76 bits per heavy atom. The second kappa shape index (κ2) is 6.92. The van der Waals surface area contributed by atoms with E-state index in [2.05, 4.69) is 5.32 Å². The second-order valence-corrected chi connectivity index (χ2v) is 6.49. The van der Waals surface area contributed by atoms with E-state index in [1.54, 1.807) is 24.3 Å². The summed E-state index contributed by atoms with van der Waals surface area (Å²) in [6, 6.07) is 9.34. The van der Waals surface area contributed by atoms with Crippen LogP contribution < -0.4 is 14.8 Å². The van der Waals surface area contributed by atoms with Gasteiger partial charge in [0, 0.05) is 6.07 Å². The van der Waals surface area contributed by atoms with Crippen molar-refractivity contribution >= 4 is 23.2 Å². The Morgan fingerprint density at radius 3 is 2.28 bits per heavy atom. The molecule has 0 aromatic heterocycles. The molecular formula is C19H19ClFNO3. The van der Waals surface area contributed by atoms with Crippen molar-refractivity contribution in [3.05, 3.63) is 52.8 Å². The molecule has 0 aliphatic heterocycles. The maximum atomic E-state index is 13.2. The molecule has 25 heavy (non-hydrogen) atoms. The predicted octanol–water partition coefficient (Wildman–Crippen LogP) is 4.56. The van der Waals surface area contributed by atoms with Gasteiger partial charge in [-0.15, -0.1) is 0 Å². The van der Waals surface area contributed by atoms with Crippen LogP contribution in [0.25, 0.3) is 0 Å². The van der Waals surface area contributed by atoms with E-state index in [1.807, 2.05) is 0 Å². The number of methoxy groups -OCH3 is 2. The van der Waals surface area contributed by atoms with Crippen molar-refractivity contribution in [1.29, 1.82) is 0 Å². The molecular weight excluding hydrogens is 345 g/mol. The van der Waals surface area contributed by atoms with Gasteiger partial charge in [-0.1, -0.05) is 30.2 Å². The van der Waals surface area contributed by atoms with Gasteiger partial charge in [-0.25, -0.2) is 4.39 Å². The van der Waals surface area contributed by atoms with Gasteiger partial charge in [-0.05, 0) is 36.6 Å². The molecule has 1 fully saturated rings. The largest absolute Gasteiger partial charge is 0.495 e. The molecule has 0 radical (unpaired) electrons. The number of rotatable bonds is 5. The lowest BCUT2D eigenvalue weighted by Gasteiger charge is -2.40. The van der Waals surface area contributed by atoms with Gasteiger partial charge < -0.3 is 14.8 Å². The average molecular weight is 364 g/mol. The van der Waals surface area contributed by atoms with E-state index in [0.717, 1.165) is 24.8 Å². The van der Waals surface area contributed by atoms with Crippen molar-refractivity contribution in [3.8, 4) is 11.5 Å². The molecule has 1 amide bonds. The maximum absolute atomic E-state index is 13.2. The smallest absolute Gasteiger partial charge is 0.235 e. The average Bonchev–Trinajstić information content (AvgIpc) is 2.56. The Kier molecular flexibility index (Phi) is 4.86. The molecule has 0 heterocycles. The molecule has 0 spiro atoms. The third-order valence-corrected chi connectivity index (χ3v) is 5.06. The summed E-state index contributed by atoms with van der Waals surface area (Å²) in [5, 5.41) is 3.29. The van der Waals surface area contributed by atoms with E-state index in [0.29, 0.717) is 22.2 Å². The van der Waals surface area contributed by atoms with Crippen LogP contribution in [0.5, 0.6) is 11.5 Å². The van der Waals surface area contributed by atoms with E-state index in [9.17, 15) is 9.18 Å². The highest BCUT2D eigenvalue weighted by Gasteiger charge is 2.45. The number of carbonyl (C=O) groups is 1. The molecule has 132 valence electrons. The molecule has 3 rings (SSSR count). The molecule has 0 atom stereocenters. The lowest BCUT2D eigenvalue weighted by molar-refractivity contribution is -0.124. The van der Waals surface area contributed by atoms with Crippen LogP contribution in [-0.2, 0) is 10.2 Å². The van der Waals surface area contributed by atoms with Crippen LogP contribution in [0.3, 0.4) is 0 Å². The zero-order valence-electron chi connectivity index (χ0n) is 14.1. The fourth-order valence-corrected chi connectivity index (χ4v) is 3.39. The fraction of sp³-hybridized carbons (Fsp3) is 0.316. The zero-order valence-corrected chi connectivity index (χ0v) is 14.8. The van der Waals surface area contributed by atoms with Crippen LogP contribution in [0, 0.1) is 5.82 Å². The number of halogens is 2.